The highest BCUT2D eigenvalue weighted by atomic mass is 16.6. The van der Waals surface area contributed by atoms with Crippen molar-refractivity contribution in [2.45, 2.75) is 46.5 Å². The fraction of sp³-hybridized carbons (Fsp3) is 1.00. The van der Waals surface area contributed by atoms with Gasteiger partial charge in [0.1, 0.15) is 0 Å². The van der Waals surface area contributed by atoms with Crippen molar-refractivity contribution in [3.05, 3.63) is 0 Å². The molecule has 1 heterocycles. The third kappa shape index (κ3) is 1.94. The molecule has 1 N–H and O–H groups in total. The van der Waals surface area contributed by atoms with Gasteiger partial charge < -0.3 is 9.84 Å². The minimum Gasteiger partial charge on any atom is -0.368 e. The van der Waals surface area contributed by atoms with E-state index in [2.05, 4.69) is 20.8 Å². The SMILES string of the molecule is CC1CC(C(C)(C)C)OC1O. The number of rotatable bonds is 0. The van der Waals surface area contributed by atoms with Crippen LogP contribution in [-0.2, 0) is 4.74 Å². The van der Waals surface area contributed by atoms with Gasteiger partial charge in [0.15, 0.2) is 6.29 Å². The van der Waals surface area contributed by atoms with E-state index in [0.29, 0.717) is 5.92 Å². The van der Waals surface area contributed by atoms with Crippen molar-refractivity contribution in [3.63, 3.8) is 0 Å². The van der Waals surface area contributed by atoms with E-state index in [9.17, 15) is 5.11 Å². The number of hydrogen-bond donors (Lipinski definition) is 1. The summed E-state index contributed by atoms with van der Waals surface area (Å²) in [7, 11) is 0. The van der Waals surface area contributed by atoms with Crippen molar-refractivity contribution in [3.8, 4) is 0 Å². The number of aliphatic hydroxyl groups excluding tert-OH is 1. The summed E-state index contributed by atoms with van der Waals surface area (Å²) in [6.07, 6.45) is 0.650. The lowest BCUT2D eigenvalue weighted by atomic mass is 9.86. The van der Waals surface area contributed by atoms with Gasteiger partial charge in [-0.25, -0.2) is 0 Å². The Kier molecular flexibility index (Phi) is 2.26. The first-order valence-corrected chi connectivity index (χ1v) is 4.25. The second kappa shape index (κ2) is 2.76. The Morgan fingerprint density at radius 1 is 1.36 bits per heavy atom. The van der Waals surface area contributed by atoms with Crippen molar-refractivity contribution in [2.24, 2.45) is 11.3 Å². The smallest absolute Gasteiger partial charge is 0.157 e. The van der Waals surface area contributed by atoms with Crippen molar-refractivity contribution in [1.82, 2.24) is 0 Å². The van der Waals surface area contributed by atoms with Crippen LogP contribution >= 0.6 is 0 Å². The summed E-state index contributed by atoms with van der Waals surface area (Å²) in [5.74, 6) is 0.291. The molecule has 1 rings (SSSR count). The highest BCUT2D eigenvalue weighted by molar-refractivity contribution is 4.82. The summed E-state index contributed by atoms with van der Waals surface area (Å²) < 4.78 is 5.39. The lowest BCUT2D eigenvalue weighted by molar-refractivity contribution is -0.128. The fourth-order valence-corrected chi connectivity index (χ4v) is 1.37. The molecule has 0 spiro atoms. The van der Waals surface area contributed by atoms with Crippen LogP contribution in [0.1, 0.15) is 34.1 Å². The molecule has 0 radical (unpaired) electrons. The molecule has 1 aliphatic heterocycles. The zero-order valence-corrected chi connectivity index (χ0v) is 7.79. The molecule has 0 aromatic heterocycles. The van der Waals surface area contributed by atoms with Crippen LogP contribution < -0.4 is 0 Å². The maximum absolute atomic E-state index is 9.31. The zero-order chi connectivity index (χ0) is 8.65. The van der Waals surface area contributed by atoms with Crippen LogP contribution in [0.4, 0.5) is 0 Å². The molecule has 0 aromatic rings. The predicted octanol–water partition coefficient (Wildman–Crippen LogP) is 1.78. The van der Waals surface area contributed by atoms with E-state index in [-0.39, 0.29) is 11.5 Å². The Balaban J connectivity index is 2.54. The first-order chi connectivity index (χ1) is 4.91. The normalized spacial score (nSPS) is 39.5. The molecule has 0 aliphatic carbocycles. The van der Waals surface area contributed by atoms with Crippen LogP contribution in [0.2, 0.25) is 0 Å². The van der Waals surface area contributed by atoms with Gasteiger partial charge in [0, 0.05) is 5.92 Å². The Morgan fingerprint density at radius 2 is 1.91 bits per heavy atom. The lowest BCUT2D eigenvalue weighted by Gasteiger charge is -2.25. The van der Waals surface area contributed by atoms with E-state index in [4.69, 9.17) is 4.74 Å². The Labute approximate surface area is 68.6 Å². The van der Waals surface area contributed by atoms with Gasteiger partial charge in [-0.15, -0.1) is 0 Å². The van der Waals surface area contributed by atoms with E-state index in [0.717, 1.165) is 6.42 Å². The molecule has 0 amide bonds. The summed E-state index contributed by atoms with van der Waals surface area (Å²) >= 11 is 0. The average molecular weight is 158 g/mol. The van der Waals surface area contributed by atoms with Crippen molar-refractivity contribution in [2.75, 3.05) is 0 Å². The van der Waals surface area contributed by atoms with Gasteiger partial charge >= 0.3 is 0 Å². The highest BCUT2D eigenvalue weighted by Gasteiger charge is 2.37. The molecule has 1 aliphatic rings. The van der Waals surface area contributed by atoms with Crippen molar-refractivity contribution >= 4 is 0 Å². The predicted molar refractivity (Wildman–Crippen MR) is 44.1 cm³/mol. The van der Waals surface area contributed by atoms with Crippen LogP contribution in [0.25, 0.3) is 0 Å². The molecule has 0 saturated carbocycles. The minimum absolute atomic E-state index is 0.158. The highest BCUT2D eigenvalue weighted by Crippen LogP contribution is 2.35. The molecule has 0 aromatic carbocycles. The van der Waals surface area contributed by atoms with Gasteiger partial charge in [-0.05, 0) is 11.8 Å². The van der Waals surface area contributed by atoms with Gasteiger partial charge in [0.25, 0.3) is 0 Å². The van der Waals surface area contributed by atoms with Gasteiger partial charge in [0.05, 0.1) is 6.10 Å². The Bertz CT molecular complexity index is 127. The first kappa shape index (κ1) is 9.01. The second-order valence-corrected chi connectivity index (χ2v) is 4.59. The van der Waals surface area contributed by atoms with Crippen LogP contribution in [0.3, 0.4) is 0 Å². The summed E-state index contributed by atoms with van der Waals surface area (Å²) in [6.45, 7) is 8.45. The summed E-state index contributed by atoms with van der Waals surface area (Å²) in [5, 5.41) is 9.31. The molecule has 3 atom stereocenters. The monoisotopic (exact) mass is 158 g/mol. The number of aliphatic hydroxyl groups is 1. The maximum atomic E-state index is 9.31. The van der Waals surface area contributed by atoms with Gasteiger partial charge in [-0.1, -0.05) is 27.7 Å². The molecular weight excluding hydrogens is 140 g/mol. The molecule has 2 heteroatoms. The fourth-order valence-electron chi connectivity index (χ4n) is 1.37. The van der Waals surface area contributed by atoms with Gasteiger partial charge in [0.2, 0.25) is 0 Å². The summed E-state index contributed by atoms with van der Waals surface area (Å²) in [5.41, 5.74) is 0.158. The molecule has 11 heavy (non-hydrogen) atoms. The second-order valence-electron chi connectivity index (χ2n) is 4.59. The van der Waals surface area contributed by atoms with Crippen LogP contribution in [0, 0.1) is 11.3 Å². The van der Waals surface area contributed by atoms with E-state index in [1.807, 2.05) is 6.92 Å². The standard InChI is InChI=1S/C9H18O2/c1-6-5-7(9(2,3)4)11-8(6)10/h6-8,10H,5H2,1-4H3. The number of hydrogen-bond acceptors (Lipinski definition) is 2. The van der Waals surface area contributed by atoms with Crippen molar-refractivity contribution < 1.29 is 9.84 Å². The summed E-state index contributed by atoms with van der Waals surface area (Å²) in [6, 6.07) is 0. The molecule has 0 bridgehead atoms. The molecule has 1 saturated heterocycles. The molecule has 66 valence electrons. The van der Waals surface area contributed by atoms with Crippen LogP contribution in [-0.4, -0.2) is 17.5 Å². The quantitative estimate of drug-likeness (QED) is 0.582. The van der Waals surface area contributed by atoms with E-state index < -0.39 is 6.29 Å². The first-order valence-electron chi connectivity index (χ1n) is 4.25. The molecule has 3 unspecified atom stereocenters. The third-order valence-electron chi connectivity index (χ3n) is 2.34. The van der Waals surface area contributed by atoms with E-state index in [1.165, 1.54) is 0 Å². The van der Waals surface area contributed by atoms with Crippen LogP contribution in [0.5, 0.6) is 0 Å². The van der Waals surface area contributed by atoms with Gasteiger partial charge in [-0.2, -0.15) is 0 Å². The maximum Gasteiger partial charge on any atom is 0.157 e. The third-order valence-corrected chi connectivity index (χ3v) is 2.34. The van der Waals surface area contributed by atoms with Crippen LogP contribution in [0.15, 0.2) is 0 Å². The largest absolute Gasteiger partial charge is 0.368 e. The average Bonchev–Trinajstić information content (AvgIpc) is 2.11. The molecule has 2 nitrogen and oxygen atoms in total. The lowest BCUT2D eigenvalue weighted by Crippen LogP contribution is -2.26. The van der Waals surface area contributed by atoms with Gasteiger partial charge in [-0.3, -0.25) is 0 Å². The topological polar surface area (TPSA) is 29.5 Å². The molecular formula is C9H18O2. The summed E-state index contributed by atoms with van der Waals surface area (Å²) in [4.78, 5) is 0. The van der Waals surface area contributed by atoms with E-state index >= 15 is 0 Å². The Morgan fingerprint density at radius 3 is 2.09 bits per heavy atom. The molecule has 1 fully saturated rings. The Hall–Kier alpha value is -0.0800. The minimum atomic E-state index is -0.542. The number of ether oxygens (including phenoxy) is 1. The van der Waals surface area contributed by atoms with Crippen molar-refractivity contribution in [1.29, 1.82) is 0 Å². The zero-order valence-electron chi connectivity index (χ0n) is 7.79. The van der Waals surface area contributed by atoms with E-state index in [1.54, 1.807) is 0 Å².